The van der Waals surface area contributed by atoms with Crippen molar-refractivity contribution in [3.05, 3.63) is 65.0 Å². The number of carbonyl (C=O) groups excluding carboxylic acids is 1. The van der Waals surface area contributed by atoms with Crippen molar-refractivity contribution >= 4 is 11.9 Å². The Kier molecular flexibility index (Phi) is 6.28. The molecule has 0 radical (unpaired) electrons. The van der Waals surface area contributed by atoms with Crippen LogP contribution < -0.4 is 0 Å². The van der Waals surface area contributed by atoms with Crippen LogP contribution in [0.3, 0.4) is 0 Å². The molecule has 0 fully saturated rings. The summed E-state index contributed by atoms with van der Waals surface area (Å²) in [5, 5.41) is 9.33. The fourth-order valence-electron chi connectivity index (χ4n) is 2.78. The van der Waals surface area contributed by atoms with E-state index in [0.29, 0.717) is 12.8 Å². The number of esters is 1. The Balaban J connectivity index is 2.34. The number of aromatic nitrogens is 1. The zero-order valence-corrected chi connectivity index (χ0v) is 14.7. The van der Waals surface area contributed by atoms with E-state index in [9.17, 15) is 14.7 Å². The van der Waals surface area contributed by atoms with Crippen LogP contribution in [0.5, 0.6) is 0 Å². The van der Waals surface area contributed by atoms with E-state index in [1.54, 1.807) is 26.2 Å². The molecule has 2 atom stereocenters. The minimum Gasteiger partial charge on any atom is -0.481 e. The summed E-state index contributed by atoms with van der Waals surface area (Å²) >= 11 is 0. The van der Waals surface area contributed by atoms with Gasteiger partial charge >= 0.3 is 11.9 Å². The van der Waals surface area contributed by atoms with E-state index in [-0.39, 0.29) is 11.9 Å². The van der Waals surface area contributed by atoms with Gasteiger partial charge in [0.15, 0.2) is 0 Å². The van der Waals surface area contributed by atoms with E-state index in [1.165, 1.54) is 7.11 Å². The van der Waals surface area contributed by atoms with Crippen molar-refractivity contribution in [2.75, 3.05) is 7.11 Å². The molecule has 0 aliphatic carbocycles. The summed E-state index contributed by atoms with van der Waals surface area (Å²) in [6.45, 7) is 3.47. The number of hydrogen-bond acceptors (Lipinski definition) is 4. The maximum absolute atomic E-state index is 11.7. The summed E-state index contributed by atoms with van der Waals surface area (Å²) in [4.78, 5) is 27.2. The highest BCUT2D eigenvalue weighted by molar-refractivity contribution is 5.76. The predicted octanol–water partition coefficient (Wildman–Crippen LogP) is 3.21. The Hall–Kier alpha value is -2.69. The standard InChI is InChI=1S/C20H23NO4/c1-13(20(24)25-3)7-16-9-17(8-15-5-4-6-21-12-15)11-18(10-16)14(2)19(22)23/h4-6,9-14H,7-8H2,1-3H3,(H,22,23). The molecule has 0 aliphatic heterocycles. The van der Waals surface area contributed by atoms with E-state index < -0.39 is 11.9 Å². The summed E-state index contributed by atoms with van der Waals surface area (Å²) in [7, 11) is 1.37. The lowest BCUT2D eigenvalue weighted by Gasteiger charge is -2.15. The van der Waals surface area contributed by atoms with Gasteiger partial charge in [-0.1, -0.05) is 31.2 Å². The molecule has 0 bridgehead atoms. The molecule has 25 heavy (non-hydrogen) atoms. The van der Waals surface area contributed by atoms with Crippen LogP contribution >= 0.6 is 0 Å². The number of ether oxygens (including phenoxy) is 1. The molecule has 1 aromatic heterocycles. The van der Waals surface area contributed by atoms with Crippen molar-refractivity contribution in [2.24, 2.45) is 5.92 Å². The van der Waals surface area contributed by atoms with Crippen molar-refractivity contribution < 1.29 is 19.4 Å². The fourth-order valence-corrected chi connectivity index (χ4v) is 2.78. The number of carboxylic acids is 1. The molecular formula is C20H23NO4. The lowest BCUT2D eigenvalue weighted by Crippen LogP contribution is -2.16. The lowest BCUT2D eigenvalue weighted by molar-refractivity contribution is -0.144. The number of methoxy groups -OCH3 is 1. The minimum absolute atomic E-state index is 0.273. The third-order valence-electron chi connectivity index (χ3n) is 4.22. The summed E-state index contributed by atoms with van der Waals surface area (Å²) in [5.41, 5.74) is 3.73. The smallest absolute Gasteiger partial charge is 0.310 e. The molecule has 0 aliphatic rings. The molecule has 1 N–H and O–H groups in total. The molecule has 0 amide bonds. The Morgan fingerprint density at radius 3 is 2.48 bits per heavy atom. The van der Waals surface area contributed by atoms with Crippen LogP contribution in [0, 0.1) is 5.92 Å². The molecule has 0 saturated carbocycles. The number of nitrogens with zero attached hydrogens (tertiary/aromatic N) is 1. The van der Waals surface area contributed by atoms with Crippen molar-refractivity contribution in [2.45, 2.75) is 32.6 Å². The van der Waals surface area contributed by atoms with Gasteiger partial charge in [0.1, 0.15) is 0 Å². The predicted molar refractivity (Wildman–Crippen MR) is 94.4 cm³/mol. The second-order valence-electron chi connectivity index (χ2n) is 6.31. The lowest BCUT2D eigenvalue weighted by atomic mass is 9.91. The number of pyridine rings is 1. The van der Waals surface area contributed by atoms with Gasteiger partial charge in [-0.2, -0.15) is 0 Å². The SMILES string of the molecule is COC(=O)C(C)Cc1cc(Cc2cccnc2)cc(C(C)C(=O)O)c1. The first kappa shape index (κ1) is 18.6. The molecule has 1 heterocycles. The molecule has 132 valence electrons. The molecule has 2 unspecified atom stereocenters. The number of carbonyl (C=O) groups is 2. The van der Waals surface area contributed by atoms with Gasteiger partial charge < -0.3 is 9.84 Å². The number of carboxylic acid groups (broad SMARTS) is 1. The summed E-state index contributed by atoms with van der Waals surface area (Å²) in [5.74, 6) is -2.04. The van der Waals surface area contributed by atoms with E-state index in [2.05, 4.69) is 4.98 Å². The zero-order chi connectivity index (χ0) is 18.4. The van der Waals surface area contributed by atoms with Gasteiger partial charge in [0, 0.05) is 12.4 Å². The van der Waals surface area contributed by atoms with E-state index >= 15 is 0 Å². The summed E-state index contributed by atoms with van der Waals surface area (Å²) in [6.07, 6.45) is 4.68. The molecule has 2 rings (SSSR count). The number of hydrogen-bond donors (Lipinski definition) is 1. The van der Waals surface area contributed by atoms with Crippen LogP contribution in [0.2, 0.25) is 0 Å². The molecule has 5 heteroatoms. The quantitative estimate of drug-likeness (QED) is 0.783. The van der Waals surface area contributed by atoms with Gasteiger partial charge in [0.25, 0.3) is 0 Å². The fraction of sp³-hybridized carbons (Fsp3) is 0.350. The second-order valence-corrected chi connectivity index (χ2v) is 6.31. The Morgan fingerprint density at radius 1 is 1.16 bits per heavy atom. The first-order chi connectivity index (χ1) is 11.9. The molecule has 0 saturated heterocycles. The highest BCUT2D eigenvalue weighted by Gasteiger charge is 2.18. The second kappa shape index (κ2) is 8.42. The van der Waals surface area contributed by atoms with Crippen molar-refractivity contribution in [1.82, 2.24) is 4.98 Å². The summed E-state index contributed by atoms with van der Waals surface area (Å²) in [6, 6.07) is 9.66. The van der Waals surface area contributed by atoms with Gasteiger partial charge in [0.2, 0.25) is 0 Å². The Bertz CT molecular complexity index is 743. The first-order valence-corrected chi connectivity index (χ1v) is 8.23. The number of benzene rings is 1. The van der Waals surface area contributed by atoms with Gasteiger partial charge in [0.05, 0.1) is 18.9 Å². The zero-order valence-electron chi connectivity index (χ0n) is 14.7. The van der Waals surface area contributed by atoms with Gasteiger partial charge in [-0.15, -0.1) is 0 Å². The van der Waals surface area contributed by atoms with Gasteiger partial charge in [-0.25, -0.2) is 0 Å². The monoisotopic (exact) mass is 341 g/mol. The maximum Gasteiger partial charge on any atom is 0.310 e. The van der Waals surface area contributed by atoms with Crippen molar-refractivity contribution in [3.63, 3.8) is 0 Å². The Morgan fingerprint density at radius 2 is 1.88 bits per heavy atom. The largest absolute Gasteiger partial charge is 0.481 e. The Labute approximate surface area is 147 Å². The van der Waals surface area contributed by atoms with Crippen LogP contribution in [0.25, 0.3) is 0 Å². The first-order valence-electron chi connectivity index (χ1n) is 8.23. The van der Waals surface area contributed by atoms with Crippen LogP contribution in [0.4, 0.5) is 0 Å². The van der Waals surface area contributed by atoms with Crippen LogP contribution in [0.1, 0.15) is 42.0 Å². The van der Waals surface area contributed by atoms with Gasteiger partial charge in [-0.05, 0) is 48.1 Å². The van der Waals surface area contributed by atoms with Gasteiger partial charge in [-0.3, -0.25) is 14.6 Å². The highest BCUT2D eigenvalue weighted by atomic mass is 16.5. The van der Waals surface area contributed by atoms with Crippen LogP contribution in [-0.2, 0) is 27.2 Å². The normalized spacial score (nSPS) is 13.1. The number of aliphatic carboxylic acids is 1. The average molecular weight is 341 g/mol. The molecule has 0 spiro atoms. The third kappa shape index (κ3) is 5.14. The molecular weight excluding hydrogens is 318 g/mol. The van der Waals surface area contributed by atoms with Crippen LogP contribution in [0.15, 0.2) is 42.7 Å². The molecule has 2 aromatic rings. The van der Waals surface area contributed by atoms with E-state index in [4.69, 9.17) is 4.74 Å². The minimum atomic E-state index is -0.870. The van der Waals surface area contributed by atoms with E-state index in [0.717, 1.165) is 22.3 Å². The third-order valence-corrected chi connectivity index (χ3v) is 4.22. The van der Waals surface area contributed by atoms with Crippen molar-refractivity contribution in [3.8, 4) is 0 Å². The van der Waals surface area contributed by atoms with E-state index in [1.807, 2.05) is 30.3 Å². The molecule has 1 aromatic carbocycles. The number of rotatable bonds is 7. The topological polar surface area (TPSA) is 76.5 Å². The maximum atomic E-state index is 11.7. The van der Waals surface area contributed by atoms with Crippen molar-refractivity contribution in [1.29, 1.82) is 0 Å². The molecule has 5 nitrogen and oxygen atoms in total. The average Bonchev–Trinajstić information content (AvgIpc) is 2.60. The summed E-state index contributed by atoms with van der Waals surface area (Å²) < 4.78 is 4.78. The van der Waals surface area contributed by atoms with Crippen LogP contribution in [-0.4, -0.2) is 29.1 Å². The highest BCUT2D eigenvalue weighted by Crippen LogP contribution is 2.23.